The summed E-state index contributed by atoms with van der Waals surface area (Å²) in [6.45, 7) is 0. The van der Waals surface area contributed by atoms with Crippen LogP contribution < -0.4 is 10.5 Å². The second-order valence-electron chi connectivity index (χ2n) is 4.33. The molecule has 0 aliphatic carbocycles. The number of methoxy groups -OCH3 is 1. The van der Waals surface area contributed by atoms with Crippen LogP contribution >= 0.6 is 15.9 Å². The SMILES string of the molecule is COc1ccc(S(=O)(=O)Cc2cc(N)cc(Br)c2)cc1. The van der Waals surface area contributed by atoms with Crippen molar-refractivity contribution in [2.24, 2.45) is 0 Å². The molecule has 4 nitrogen and oxygen atoms in total. The Morgan fingerprint density at radius 3 is 2.35 bits per heavy atom. The molecule has 6 heteroatoms. The van der Waals surface area contributed by atoms with E-state index in [4.69, 9.17) is 10.5 Å². The van der Waals surface area contributed by atoms with E-state index in [9.17, 15) is 8.42 Å². The zero-order chi connectivity index (χ0) is 14.8. The Kier molecular flexibility index (Phi) is 4.35. The smallest absolute Gasteiger partial charge is 0.182 e. The fourth-order valence-electron chi connectivity index (χ4n) is 1.84. The van der Waals surface area contributed by atoms with E-state index in [-0.39, 0.29) is 10.6 Å². The molecule has 0 bridgehead atoms. The van der Waals surface area contributed by atoms with Crippen molar-refractivity contribution in [1.82, 2.24) is 0 Å². The average Bonchev–Trinajstić information content (AvgIpc) is 2.37. The number of benzene rings is 2. The first kappa shape index (κ1) is 14.9. The summed E-state index contributed by atoms with van der Waals surface area (Å²) < 4.78 is 30.4. The number of ether oxygens (including phenoxy) is 1. The Hall–Kier alpha value is -1.53. The largest absolute Gasteiger partial charge is 0.497 e. The van der Waals surface area contributed by atoms with Crippen molar-refractivity contribution in [2.75, 3.05) is 12.8 Å². The van der Waals surface area contributed by atoms with Crippen LogP contribution in [0, 0.1) is 0 Å². The van der Waals surface area contributed by atoms with E-state index in [2.05, 4.69) is 15.9 Å². The Morgan fingerprint density at radius 1 is 1.15 bits per heavy atom. The van der Waals surface area contributed by atoms with Gasteiger partial charge in [0.15, 0.2) is 9.84 Å². The molecule has 0 saturated carbocycles. The zero-order valence-corrected chi connectivity index (χ0v) is 13.2. The van der Waals surface area contributed by atoms with Crippen LogP contribution in [0.3, 0.4) is 0 Å². The van der Waals surface area contributed by atoms with Crippen LogP contribution in [0.2, 0.25) is 0 Å². The second-order valence-corrected chi connectivity index (χ2v) is 7.23. The van der Waals surface area contributed by atoms with Gasteiger partial charge < -0.3 is 10.5 Å². The maximum atomic E-state index is 12.3. The third kappa shape index (κ3) is 3.52. The quantitative estimate of drug-likeness (QED) is 0.855. The van der Waals surface area contributed by atoms with Gasteiger partial charge in [0, 0.05) is 10.2 Å². The van der Waals surface area contributed by atoms with E-state index in [1.807, 2.05) is 0 Å². The lowest BCUT2D eigenvalue weighted by Gasteiger charge is -2.07. The van der Waals surface area contributed by atoms with Crippen LogP contribution in [0.25, 0.3) is 0 Å². The number of halogens is 1. The van der Waals surface area contributed by atoms with E-state index >= 15 is 0 Å². The first-order valence-corrected chi connectivity index (χ1v) is 8.27. The highest BCUT2D eigenvalue weighted by atomic mass is 79.9. The molecule has 0 spiro atoms. The summed E-state index contributed by atoms with van der Waals surface area (Å²) in [6, 6.07) is 11.5. The Balaban J connectivity index is 2.30. The Bertz CT molecular complexity index is 691. The number of nitrogen functional groups attached to an aromatic ring is 1. The molecule has 0 atom stereocenters. The minimum atomic E-state index is -3.40. The number of hydrogen-bond donors (Lipinski definition) is 1. The molecule has 0 aromatic heterocycles. The molecule has 0 unspecified atom stereocenters. The maximum Gasteiger partial charge on any atom is 0.182 e. The van der Waals surface area contributed by atoms with Crippen LogP contribution in [-0.4, -0.2) is 15.5 Å². The first-order chi connectivity index (χ1) is 9.40. The Morgan fingerprint density at radius 2 is 1.80 bits per heavy atom. The van der Waals surface area contributed by atoms with E-state index in [0.29, 0.717) is 17.0 Å². The molecule has 0 aliphatic heterocycles. The van der Waals surface area contributed by atoms with Gasteiger partial charge in [-0.2, -0.15) is 0 Å². The van der Waals surface area contributed by atoms with Gasteiger partial charge in [-0.25, -0.2) is 8.42 Å². The van der Waals surface area contributed by atoms with Crippen molar-refractivity contribution in [2.45, 2.75) is 10.6 Å². The molecule has 0 saturated heterocycles. The molecule has 2 N–H and O–H groups in total. The van der Waals surface area contributed by atoms with Crippen molar-refractivity contribution >= 4 is 31.5 Å². The maximum absolute atomic E-state index is 12.3. The van der Waals surface area contributed by atoms with Gasteiger partial charge in [0.1, 0.15) is 5.75 Å². The summed E-state index contributed by atoms with van der Waals surface area (Å²) in [5, 5.41) is 0. The molecular weight excluding hydrogens is 342 g/mol. The van der Waals surface area contributed by atoms with Gasteiger partial charge in [-0.05, 0) is 48.0 Å². The fraction of sp³-hybridized carbons (Fsp3) is 0.143. The molecule has 2 aromatic carbocycles. The number of anilines is 1. The predicted molar refractivity (Wildman–Crippen MR) is 82.4 cm³/mol. The molecule has 0 heterocycles. The van der Waals surface area contributed by atoms with Gasteiger partial charge in [0.2, 0.25) is 0 Å². The monoisotopic (exact) mass is 355 g/mol. The van der Waals surface area contributed by atoms with Crippen LogP contribution in [-0.2, 0) is 15.6 Å². The number of nitrogens with two attached hydrogens (primary N) is 1. The molecule has 20 heavy (non-hydrogen) atoms. The summed E-state index contributed by atoms with van der Waals surface area (Å²) in [5.74, 6) is 0.527. The lowest BCUT2D eigenvalue weighted by molar-refractivity contribution is 0.414. The average molecular weight is 356 g/mol. The standard InChI is InChI=1S/C14H14BrNO3S/c1-19-13-2-4-14(5-3-13)20(17,18)9-10-6-11(15)8-12(16)7-10/h2-8H,9,16H2,1H3. The van der Waals surface area contributed by atoms with E-state index in [1.54, 1.807) is 30.3 Å². The molecule has 0 radical (unpaired) electrons. The van der Waals surface area contributed by atoms with Crippen LogP contribution in [0.1, 0.15) is 5.56 Å². The third-order valence-corrected chi connectivity index (χ3v) is 4.92. The molecule has 2 rings (SSSR count). The highest BCUT2D eigenvalue weighted by Crippen LogP contribution is 2.23. The van der Waals surface area contributed by atoms with Crippen molar-refractivity contribution in [3.05, 3.63) is 52.5 Å². The second kappa shape index (κ2) is 5.85. The van der Waals surface area contributed by atoms with E-state index < -0.39 is 9.84 Å². The fourth-order valence-corrected chi connectivity index (χ4v) is 3.73. The van der Waals surface area contributed by atoms with Crippen LogP contribution in [0.15, 0.2) is 51.8 Å². The highest BCUT2D eigenvalue weighted by molar-refractivity contribution is 9.10. The van der Waals surface area contributed by atoms with Gasteiger partial charge in [-0.15, -0.1) is 0 Å². The van der Waals surface area contributed by atoms with Crippen molar-refractivity contribution in [1.29, 1.82) is 0 Å². The van der Waals surface area contributed by atoms with E-state index in [0.717, 1.165) is 4.47 Å². The van der Waals surface area contributed by atoms with Crippen molar-refractivity contribution in [3.8, 4) is 5.75 Å². The molecule has 0 fully saturated rings. The molecule has 0 amide bonds. The normalized spacial score (nSPS) is 11.3. The third-order valence-electron chi connectivity index (χ3n) is 2.76. The summed E-state index contributed by atoms with van der Waals surface area (Å²) in [7, 11) is -1.87. The summed E-state index contributed by atoms with van der Waals surface area (Å²) in [5.41, 5.74) is 6.89. The van der Waals surface area contributed by atoms with Gasteiger partial charge in [-0.3, -0.25) is 0 Å². The summed E-state index contributed by atoms with van der Waals surface area (Å²) >= 11 is 3.30. The lowest BCUT2D eigenvalue weighted by atomic mass is 10.2. The first-order valence-electron chi connectivity index (χ1n) is 5.82. The van der Waals surface area contributed by atoms with E-state index in [1.165, 1.54) is 19.2 Å². The molecular formula is C14H14BrNO3S. The van der Waals surface area contributed by atoms with Gasteiger partial charge in [-0.1, -0.05) is 15.9 Å². The van der Waals surface area contributed by atoms with Crippen LogP contribution in [0.5, 0.6) is 5.75 Å². The predicted octanol–water partition coefficient (Wildman–Crippen LogP) is 3.01. The van der Waals surface area contributed by atoms with Gasteiger partial charge in [0.25, 0.3) is 0 Å². The lowest BCUT2D eigenvalue weighted by Crippen LogP contribution is -2.05. The summed E-state index contributed by atoms with van der Waals surface area (Å²) in [6.07, 6.45) is 0. The molecule has 2 aromatic rings. The topological polar surface area (TPSA) is 69.4 Å². The zero-order valence-electron chi connectivity index (χ0n) is 10.8. The Labute approximate surface area is 126 Å². The number of hydrogen-bond acceptors (Lipinski definition) is 4. The summed E-state index contributed by atoms with van der Waals surface area (Å²) in [4.78, 5) is 0.261. The number of sulfone groups is 1. The highest BCUT2D eigenvalue weighted by Gasteiger charge is 2.16. The minimum absolute atomic E-state index is 0.0943. The van der Waals surface area contributed by atoms with Crippen molar-refractivity contribution in [3.63, 3.8) is 0 Å². The minimum Gasteiger partial charge on any atom is -0.497 e. The van der Waals surface area contributed by atoms with Crippen LogP contribution in [0.4, 0.5) is 5.69 Å². The van der Waals surface area contributed by atoms with Gasteiger partial charge in [0.05, 0.1) is 17.8 Å². The number of rotatable bonds is 4. The van der Waals surface area contributed by atoms with Gasteiger partial charge >= 0.3 is 0 Å². The van der Waals surface area contributed by atoms with Crippen molar-refractivity contribution < 1.29 is 13.2 Å². The molecule has 0 aliphatic rings. The molecule has 106 valence electrons.